The van der Waals surface area contributed by atoms with Crippen LogP contribution in [0.4, 0.5) is 5.69 Å². The van der Waals surface area contributed by atoms with E-state index in [4.69, 9.17) is 0 Å². The minimum absolute atomic E-state index is 0.133. The molecule has 3 heteroatoms. The molecule has 0 bridgehead atoms. The summed E-state index contributed by atoms with van der Waals surface area (Å²) in [4.78, 5) is 15.9. The lowest BCUT2D eigenvalue weighted by molar-refractivity contribution is 0.559. The van der Waals surface area contributed by atoms with E-state index in [9.17, 15) is 4.79 Å². The SMILES string of the molecule is CC(N=C=O)c1ccccc1N(C)C. The number of anilines is 1. The molecule has 0 aliphatic rings. The molecule has 0 saturated carbocycles. The molecule has 1 unspecified atom stereocenters. The highest BCUT2D eigenvalue weighted by Crippen LogP contribution is 2.26. The Kier molecular flexibility index (Phi) is 3.43. The summed E-state index contributed by atoms with van der Waals surface area (Å²) in [5.74, 6) is 0. The average Bonchev–Trinajstić information content (AvgIpc) is 2.18. The Morgan fingerprint density at radius 3 is 2.57 bits per heavy atom. The molecule has 0 N–H and O–H groups in total. The van der Waals surface area contributed by atoms with Crippen molar-refractivity contribution in [2.75, 3.05) is 19.0 Å². The van der Waals surface area contributed by atoms with Crippen molar-refractivity contribution in [1.29, 1.82) is 0 Å². The van der Waals surface area contributed by atoms with Crippen molar-refractivity contribution in [3.63, 3.8) is 0 Å². The summed E-state index contributed by atoms with van der Waals surface area (Å²) in [7, 11) is 3.94. The van der Waals surface area contributed by atoms with Gasteiger partial charge < -0.3 is 4.90 Å². The molecule has 3 nitrogen and oxygen atoms in total. The summed E-state index contributed by atoms with van der Waals surface area (Å²) in [6.07, 6.45) is 1.59. The zero-order chi connectivity index (χ0) is 10.6. The van der Waals surface area contributed by atoms with Crippen LogP contribution in [0.15, 0.2) is 29.3 Å². The molecule has 0 aromatic heterocycles. The first-order valence-electron chi connectivity index (χ1n) is 4.50. The first-order valence-corrected chi connectivity index (χ1v) is 4.50. The van der Waals surface area contributed by atoms with Crippen molar-refractivity contribution < 1.29 is 4.79 Å². The minimum Gasteiger partial charge on any atom is -0.377 e. The lowest BCUT2D eigenvalue weighted by Crippen LogP contribution is -2.11. The van der Waals surface area contributed by atoms with E-state index < -0.39 is 0 Å². The zero-order valence-corrected chi connectivity index (χ0v) is 8.69. The van der Waals surface area contributed by atoms with Gasteiger partial charge in [-0.1, -0.05) is 18.2 Å². The summed E-state index contributed by atoms with van der Waals surface area (Å²) in [5.41, 5.74) is 2.12. The van der Waals surface area contributed by atoms with Gasteiger partial charge >= 0.3 is 0 Å². The van der Waals surface area contributed by atoms with Gasteiger partial charge in [-0.05, 0) is 13.0 Å². The molecule has 1 aromatic rings. The Morgan fingerprint density at radius 1 is 1.36 bits per heavy atom. The highest BCUT2D eigenvalue weighted by atomic mass is 16.1. The zero-order valence-electron chi connectivity index (χ0n) is 8.69. The molecular formula is C11H14N2O. The number of hydrogen-bond donors (Lipinski definition) is 0. The molecule has 0 aliphatic heterocycles. The maximum Gasteiger partial charge on any atom is 0.235 e. The van der Waals surface area contributed by atoms with E-state index >= 15 is 0 Å². The molecule has 0 heterocycles. The fraction of sp³-hybridized carbons (Fsp3) is 0.364. The van der Waals surface area contributed by atoms with Crippen molar-refractivity contribution in [2.45, 2.75) is 13.0 Å². The van der Waals surface area contributed by atoms with Crippen LogP contribution in [0.25, 0.3) is 0 Å². The Hall–Kier alpha value is -1.60. The predicted octanol–water partition coefficient (Wildman–Crippen LogP) is 2.15. The quantitative estimate of drug-likeness (QED) is 0.540. The third-order valence-electron chi connectivity index (χ3n) is 2.12. The second kappa shape index (κ2) is 4.58. The van der Waals surface area contributed by atoms with Crippen molar-refractivity contribution in [3.8, 4) is 0 Å². The second-order valence-electron chi connectivity index (χ2n) is 3.35. The van der Waals surface area contributed by atoms with E-state index in [2.05, 4.69) is 4.99 Å². The largest absolute Gasteiger partial charge is 0.377 e. The van der Waals surface area contributed by atoms with Crippen LogP contribution in [0, 0.1) is 0 Å². The Morgan fingerprint density at radius 2 is 2.00 bits per heavy atom. The fourth-order valence-corrected chi connectivity index (χ4v) is 1.40. The Bertz CT molecular complexity index is 354. The van der Waals surface area contributed by atoms with Crippen molar-refractivity contribution in [3.05, 3.63) is 29.8 Å². The van der Waals surface area contributed by atoms with Crippen molar-refractivity contribution in [2.24, 2.45) is 4.99 Å². The molecule has 14 heavy (non-hydrogen) atoms. The van der Waals surface area contributed by atoms with Crippen LogP contribution in [-0.4, -0.2) is 20.2 Å². The van der Waals surface area contributed by atoms with Gasteiger partial charge in [-0.15, -0.1) is 0 Å². The van der Waals surface area contributed by atoms with Gasteiger partial charge in [0.05, 0.1) is 6.04 Å². The van der Waals surface area contributed by atoms with Gasteiger partial charge in [0.2, 0.25) is 6.08 Å². The van der Waals surface area contributed by atoms with E-state index in [0.717, 1.165) is 11.3 Å². The maximum atomic E-state index is 10.2. The van der Waals surface area contributed by atoms with Gasteiger partial charge in [0.1, 0.15) is 0 Å². The molecule has 0 aliphatic carbocycles. The normalized spacial score (nSPS) is 11.6. The third kappa shape index (κ3) is 2.21. The fourth-order valence-electron chi connectivity index (χ4n) is 1.40. The Labute approximate surface area is 84.1 Å². The summed E-state index contributed by atoms with van der Waals surface area (Å²) in [6, 6.07) is 7.76. The van der Waals surface area contributed by atoms with Crippen LogP contribution in [-0.2, 0) is 4.79 Å². The van der Waals surface area contributed by atoms with Crippen LogP contribution in [0.2, 0.25) is 0 Å². The lowest BCUT2D eigenvalue weighted by Gasteiger charge is -2.18. The number of nitrogens with zero attached hydrogens (tertiary/aromatic N) is 2. The number of benzene rings is 1. The number of aliphatic imine (C=N–C) groups is 1. The van der Waals surface area contributed by atoms with Crippen LogP contribution < -0.4 is 4.90 Å². The van der Waals surface area contributed by atoms with E-state index in [0.29, 0.717) is 0 Å². The number of rotatable bonds is 3. The first-order chi connectivity index (χ1) is 6.66. The topological polar surface area (TPSA) is 32.7 Å². The van der Waals surface area contributed by atoms with Gasteiger partial charge in [-0.3, -0.25) is 0 Å². The van der Waals surface area contributed by atoms with Gasteiger partial charge in [-0.25, -0.2) is 4.79 Å². The van der Waals surface area contributed by atoms with Crippen LogP contribution >= 0.6 is 0 Å². The maximum absolute atomic E-state index is 10.2. The van der Waals surface area contributed by atoms with Gasteiger partial charge in [0.15, 0.2) is 0 Å². The number of para-hydroxylation sites is 1. The summed E-state index contributed by atoms with van der Waals surface area (Å²) >= 11 is 0. The highest BCUT2D eigenvalue weighted by molar-refractivity contribution is 5.54. The molecule has 0 radical (unpaired) electrons. The van der Waals surface area contributed by atoms with Gasteiger partial charge in [-0.2, -0.15) is 4.99 Å². The Balaban J connectivity index is 3.12. The van der Waals surface area contributed by atoms with Crippen LogP contribution in [0.1, 0.15) is 18.5 Å². The van der Waals surface area contributed by atoms with Gasteiger partial charge in [0, 0.05) is 25.3 Å². The molecule has 0 saturated heterocycles. The molecule has 1 aromatic carbocycles. The molecule has 74 valence electrons. The number of isocyanates is 1. The smallest absolute Gasteiger partial charge is 0.235 e. The van der Waals surface area contributed by atoms with Crippen molar-refractivity contribution >= 4 is 11.8 Å². The predicted molar refractivity (Wildman–Crippen MR) is 57.3 cm³/mol. The third-order valence-corrected chi connectivity index (χ3v) is 2.12. The average molecular weight is 190 g/mol. The highest BCUT2D eigenvalue weighted by Gasteiger charge is 2.09. The molecule has 0 spiro atoms. The number of carbonyl (C=O) groups excluding carboxylic acids is 1. The number of hydrogen-bond acceptors (Lipinski definition) is 3. The summed E-state index contributed by atoms with van der Waals surface area (Å²) < 4.78 is 0. The van der Waals surface area contributed by atoms with E-state index in [1.807, 2.05) is 50.2 Å². The molecule has 0 amide bonds. The second-order valence-corrected chi connectivity index (χ2v) is 3.35. The molecule has 0 fully saturated rings. The summed E-state index contributed by atoms with van der Waals surface area (Å²) in [6.45, 7) is 1.88. The molecular weight excluding hydrogens is 176 g/mol. The van der Waals surface area contributed by atoms with Crippen LogP contribution in [0.3, 0.4) is 0 Å². The van der Waals surface area contributed by atoms with Crippen LogP contribution in [0.5, 0.6) is 0 Å². The molecule has 1 atom stereocenters. The lowest BCUT2D eigenvalue weighted by atomic mass is 10.1. The standard InChI is InChI=1S/C11H14N2O/c1-9(12-8-14)10-6-4-5-7-11(10)13(2)3/h4-7,9H,1-3H3. The minimum atomic E-state index is -0.133. The monoisotopic (exact) mass is 190 g/mol. The van der Waals surface area contributed by atoms with E-state index in [1.54, 1.807) is 6.08 Å². The summed E-state index contributed by atoms with van der Waals surface area (Å²) in [5, 5.41) is 0. The first kappa shape index (κ1) is 10.5. The van der Waals surface area contributed by atoms with Crippen molar-refractivity contribution in [1.82, 2.24) is 0 Å². The van der Waals surface area contributed by atoms with E-state index in [-0.39, 0.29) is 6.04 Å². The van der Waals surface area contributed by atoms with Gasteiger partial charge in [0.25, 0.3) is 0 Å². The van der Waals surface area contributed by atoms with E-state index in [1.165, 1.54) is 0 Å². The molecule has 1 rings (SSSR count).